The molecule has 0 spiro atoms. The lowest BCUT2D eigenvalue weighted by Crippen LogP contribution is -2.01. The number of hydrogen-bond acceptors (Lipinski definition) is 2. The van der Waals surface area contributed by atoms with Gasteiger partial charge in [-0.25, -0.2) is 0 Å². The van der Waals surface area contributed by atoms with Gasteiger partial charge in [-0.05, 0) is 25.8 Å². The Labute approximate surface area is 88.9 Å². The number of hydrogen-bond donors (Lipinski definition) is 2. The molecule has 0 heterocycles. The van der Waals surface area contributed by atoms with Crippen LogP contribution >= 0.6 is 12.6 Å². The van der Waals surface area contributed by atoms with Crippen molar-refractivity contribution in [3.8, 4) is 0 Å². The van der Waals surface area contributed by atoms with Crippen molar-refractivity contribution in [2.75, 3.05) is 6.54 Å². The first kappa shape index (κ1) is 13.3. The van der Waals surface area contributed by atoms with E-state index in [4.69, 9.17) is 5.73 Å². The zero-order chi connectivity index (χ0) is 9.94. The molecule has 1 atom stereocenters. The number of rotatable bonds is 9. The average Bonchev–Trinajstić information content (AvgIpc) is 2.13. The summed E-state index contributed by atoms with van der Waals surface area (Å²) in [6.45, 7) is 3.09. The maximum absolute atomic E-state index is 5.42. The Bertz CT molecular complexity index is 96.1. The third-order valence-electron chi connectivity index (χ3n) is 2.38. The molecule has 1 unspecified atom stereocenters. The molecule has 13 heavy (non-hydrogen) atoms. The second-order valence-electron chi connectivity index (χ2n) is 3.79. The zero-order valence-electron chi connectivity index (χ0n) is 8.97. The van der Waals surface area contributed by atoms with E-state index >= 15 is 0 Å². The van der Waals surface area contributed by atoms with E-state index in [-0.39, 0.29) is 0 Å². The fourth-order valence-corrected chi connectivity index (χ4v) is 1.84. The van der Waals surface area contributed by atoms with E-state index in [1.165, 1.54) is 51.4 Å². The quantitative estimate of drug-likeness (QED) is 0.436. The Hall–Kier alpha value is 0.310. The molecule has 80 valence electrons. The highest BCUT2D eigenvalue weighted by Crippen LogP contribution is 2.15. The van der Waals surface area contributed by atoms with Crippen LogP contribution in [-0.2, 0) is 0 Å². The van der Waals surface area contributed by atoms with Crippen molar-refractivity contribution in [3.05, 3.63) is 0 Å². The third-order valence-corrected chi connectivity index (χ3v) is 2.90. The Morgan fingerprint density at radius 3 is 2.15 bits per heavy atom. The Kier molecular flexibility index (Phi) is 10.6. The molecule has 2 heteroatoms. The first-order chi connectivity index (χ1) is 6.31. The predicted molar refractivity (Wildman–Crippen MR) is 64.4 cm³/mol. The van der Waals surface area contributed by atoms with Crippen molar-refractivity contribution in [3.63, 3.8) is 0 Å². The average molecular weight is 203 g/mol. The van der Waals surface area contributed by atoms with Gasteiger partial charge in [-0.2, -0.15) is 12.6 Å². The Balaban J connectivity index is 3.05. The van der Waals surface area contributed by atoms with Crippen molar-refractivity contribution in [1.29, 1.82) is 0 Å². The van der Waals surface area contributed by atoms with Crippen molar-refractivity contribution in [2.24, 2.45) is 5.73 Å². The van der Waals surface area contributed by atoms with Crippen LogP contribution < -0.4 is 5.73 Å². The summed E-state index contributed by atoms with van der Waals surface area (Å²) >= 11 is 4.57. The van der Waals surface area contributed by atoms with E-state index in [2.05, 4.69) is 19.6 Å². The summed E-state index contributed by atoms with van der Waals surface area (Å²) in [4.78, 5) is 0. The first-order valence-corrected chi connectivity index (χ1v) is 6.21. The summed E-state index contributed by atoms with van der Waals surface area (Å²) < 4.78 is 0. The van der Waals surface area contributed by atoms with Gasteiger partial charge in [0.05, 0.1) is 0 Å². The zero-order valence-corrected chi connectivity index (χ0v) is 9.86. The maximum atomic E-state index is 5.42. The highest BCUT2D eigenvalue weighted by atomic mass is 32.1. The Morgan fingerprint density at radius 2 is 1.62 bits per heavy atom. The van der Waals surface area contributed by atoms with Gasteiger partial charge in [0.1, 0.15) is 0 Å². The SMILES string of the molecule is CCCCCC(S)CCCCCN. The second-order valence-corrected chi connectivity index (χ2v) is 4.52. The minimum Gasteiger partial charge on any atom is -0.330 e. The van der Waals surface area contributed by atoms with Gasteiger partial charge in [0.25, 0.3) is 0 Å². The normalized spacial score (nSPS) is 13.2. The standard InChI is InChI=1S/C11H25NS/c1-2-3-5-8-11(13)9-6-4-7-10-12/h11,13H,2-10,12H2,1H3. The van der Waals surface area contributed by atoms with E-state index in [1.807, 2.05) is 0 Å². The summed E-state index contributed by atoms with van der Waals surface area (Å²) in [7, 11) is 0. The van der Waals surface area contributed by atoms with Crippen molar-refractivity contribution >= 4 is 12.6 Å². The Morgan fingerprint density at radius 1 is 1.00 bits per heavy atom. The molecule has 0 radical (unpaired) electrons. The highest BCUT2D eigenvalue weighted by Gasteiger charge is 2.01. The fourth-order valence-electron chi connectivity index (χ4n) is 1.48. The van der Waals surface area contributed by atoms with Crippen LogP contribution in [-0.4, -0.2) is 11.8 Å². The number of thiol groups is 1. The summed E-state index contributed by atoms with van der Waals surface area (Å²) in [5.74, 6) is 0. The molecular formula is C11H25NS. The molecule has 0 aliphatic heterocycles. The molecule has 0 aromatic carbocycles. The molecule has 0 bridgehead atoms. The van der Waals surface area contributed by atoms with Crippen molar-refractivity contribution in [1.82, 2.24) is 0 Å². The van der Waals surface area contributed by atoms with Gasteiger partial charge in [0.15, 0.2) is 0 Å². The van der Waals surface area contributed by atoms with Crippen LogP contribution in [0.4, 0.5) is 0 Å². The van der Waals surface area contributed by atoms with Gasteiger partial charge in [0.2, 0.25) is 0 Å². The molecule has 0 aliphatic carbocycles. The third kappa shape index (κ3) is 10.2. The molecule has 0 fully saturated rings. The van der Waals surface area contributed by atoms with Crippen LogP contribution in [0.2, 0.25) is 0 Å². The van der Waals surface area contributed by atoms with Gasteiger partial charge in [-0.1, -0.05) is 39.0 Å². The fraction of sp³-hybridized carbons (Fsp3) is 1.00. The van der Waals surface area contributed by atoms with Gasteiger partial charge in [0, 0.05) is 5.25 Å². The van der Waals surface area contributed by atoms with Crippen LogP contribution in [0.25, 0.3) is 0 Å². The van der Waals surface area contributed by atoms with Gasteiger partial charge in [-0.3, -0.25) is 0 Å². The van der Waals surface area contributed by atoms with Crippen LogP contribution in [0.15, 0.2) is 0 Å². The minimum atomic E-state index is 0.629. The number of unbranched alkanes of at least 4 members (excludes halogenated alkanes) is 4. The molecule has 0 amide bonds. The molecule has 0 aliphatic rings. The summed E-state index contributed by atoms with van der Waals surface area (Å²) in [6, 6.07) is 0. The monoisotopic (exact) mass is 203 g/mol. The van der Waals surface area contributed by atoms with E-state index in [1.54, 1.807) is 0 Å². The molecule has 0 saturated heterocycles. The van der Waals surface area contributed by atoms with Gasteiger partial charge < -0.3 is 5.73 Å². The van der Waals surface area contributed by atoms with E-state index in [0.29, 0.717) is 5.25 Å². The lowest BCUT2D eigenvalue weighted by atomic mass is 10.1. The second kappa shape index (κ2) is 10.4. The van der Waals surface area contributed by atoms with Crippen molar-refractivity contribution < 1.29 is 0 Å². The van der Waals surface area contributed by atoms with Crippen LogP contribution in [0.3, 0.4) is 0 Å². The van der Waals surface area contributed by atoms with E-state index < -0.39 is 0 Å². The largest absolute Gasteiger partial charge is 0.330 e. The molecular weight excluding hydrogens is 178 g/mol. The molecule has 0 rings (SSSR count). The smallest absolute Gasteiger partial charge is 0.00168 e. The summed E-state index contributed by atoms with van der Waals surface area (Å²) in [6.07, 6.45) is 10.3. The van der Waals surface area contributed by atoms with Crippen LogP contribution in [0.1, 0.15) is 58.3 Å². The van der Waals surface area contributed by atoms with Crippen LogP contribution in [0, 0.1) is 0 Å². The first-order valence-electron chi connectivity index (χ1n) is 5.69. The minimum absolute atomic E-state index is 0.629. The number of nitrogens with two attached hydrogens (primary N) is 1. The highest BCUT2D eigenvalue weighted by molar-refractivity contribution is 7.80. The molecule has 0 aromatic rings. The molecule has 1 nitrogen and oxygen atoms in total. The molecule has 2 N–H and O–H groups in total. The lowest BCUT2D eigenvalue weighted by Gasteiger charge is -2.09. The summed E-state index contributed by atoms with van der Waals surface area (Å²) in [5.41, 5.74) is 5.42. The topological polar surface area (TPSA) is 26.0 Å². The van der Waals surface area contributed by atoms with Gasteiger partial charge in [-0.15, -0.1) is 0 Å². The van der Waals surface area contributed by atoms with Crippen LogP contribution in [0.5, 0.6) is 0 Å². The predicted octanol–water partition coefficient (Wildman–Crippen LogP) is 3.38. The molecule has 0 aromatic heterocycles. The lowest BCUT2D eigenvalue weighted by molar-refractivity contribution is 0.580. The summed E-state index contributed by atoms with van der Waals surface area (Å²) in [5, 5.41) is 0.629. The van der Waals surface area contributed by atoms with Crippen molar-refractivity contribution in [2.45, 2.75) is 63.5 Å². The van der Waals surface area contributed by atoms with E-state index in [9.17, 15) is 0 Å². The van der Waals surface area contributed by atoms with E-state index in [0.717, 1.165) is 6.54 Å². The molecule has 0 saturated carbocycles. The van der Waals surface area contributed by atoms with Gasteiger partial charge >= 0.3 is 0 Å². The maximum Gasteiger partial charge on any atom is 0.00168 e.